The minimum absolute atomic E-state index is 0.144. The van der Waals surface area contributed by atoms with Crippen LogP contribution in [0.2, 0.25) is 0 Å². The monoisotopic (exact) mass is 503 g/mol. The van der Waals surface area contributed by atoms with Gasteiger partial charge >= 0.3 is 6.18 Å². The second-order valence-corrected chi connectivity index (χ2v) is 8.10. The van der Waals surface area contributed by atoms with Gasteiger partial charge in [0, 0.05) is 23.6 Å². The number of nitrogens with two attached hydrogens (primary N) is 1. The first-order valence-electron chi connectivity index (χ1n) is 11.1. The molecule has 1 amide bonds. The van der Waals surface area contributed by atoms with Crippen LogP contribution in [0.3, 0.4) is 0 Å². The van der Waals surface area contributed by atoms with E-state index in [9.17, 15) is 18.0 Å². The first-order valence-corrected chi connectivity index (χ1v) is 11.1. The van der Waals surface area contributed by atoms with E-state index in [1.165, 1.54) is 30.5 Å². The Hall–Kier alpha value is -4.93. The number of alkyl halides is 3. The van der Waals surface area contributed by atoms with Crippen LogP contribution in [0.5, 0.6) is 0 Å². The fraction of sp³-hybridized carbons (Fsp3) is 0.0769. The molecule has 186 valence electrons. The molecule has 37 heavy (non-hydrogen) atoms. The zero-order chi connectivity index (χ0) is 26.0. The smallest absolute Gasteiger partial charge is 0.397 e. The summed E-state index contributed by atoms with van der Waals surface area (Å²) < 4.78 is 42.5. The molecule has 0 atom stereocenters. The van der Waals surface area contributed by atoms with E-state index in [1.807, 2.05) is 18.2 Å². The van der Waals surface area contributed by atoms with Crippen molar-refractivity contribution in [1.82, 2.24) is 19.4 Å². The van der Waals surface area contributed by atoms with Gasteiger partial charge in [0.05, 0.1) is 29.0 Å². The van der Waals surface area contributed by atoms with Crippen LogP contribution in [0.1, 0.15) is 10.4 Å². The molecule has 5 aromatic rings. The summed E-state index contributed by atoms with van der Waals surface area (Å²) in [6, 6.07) is 19.5. The lowest BCUT2D eigenvalue weighted by atomic mass is 10.1. The molecule has 0 unspecified atom stereocenters. The van der Waals surface area contributed by atoms with E-state index in [2.05, 4.69) is 20.3 Å². The Labute approximate surface area is 209 Å². The van der Waals surface area contributed by atoms with E-state index in [-0.39, 0.29) is 17.2 Å². The van der Waals surface area contributed by atoms with Crippen molar-refractivity contribution in [2.24, 2.45) is 0 Å². The van der Waals surface area contributed by atoms with Gasteiger partial charge in [-0.2, -0.15) is 13.2 Å². The summed E-state index contributed by atoms with van der Waals surface area (Å²) in [5.41, 5.74) is 8.81. The lowest BCUT2D eigenvalue weighted by molar-refractivity contribution is -0.118. The molecule has 0 saturated carbocycles. The van der Waals surface area contributed by atoms with Crippen LogP contribution in [-0.2, 0) is 0 Å². The van der Waals surface area contributed by atoms with E-state index in [1.54, 1.807) is 47.1 Å². The Kier molecular flexibility index (Phi) is 6.18. The van der Waals surface area contributed by atoms with Crippen molar-refractivity contribution >= 4 is 34.6 Å². The van der Waals surface area contributed by atoms with Crippen LogP contribution in [0.4, 0.5) is 36.2 Å². The second-order valence-electron chi connectivity index (χ2n) is 8.10. The fourth-order valence-corrected chi connectivity index (χ4v) is 3.80. The summed E-state index contributed by atoms with van der Waals surface area (Å²) in [5.74, 6) is -0.590. The van der Waals surface area contributed by atoms with Gasteiger partial charge in [0.2, 0.25) is 5.95 Å². The molecule has 2 aromatic carbocycles. The molecule has 0 saturated heterocycles. The highest BCUT2D eigenvalue weighted by atomic mass is 19.4. The van der Waals surface area contributed by atoms with Gasteiger partial charge in [-0.05, 0) is 54.6 Å². The molecular weight excluding hydrogens is 483 g/mol. The van der Waals surface area contributed by atoms with Crippen LogP contribution in [0.25, 0.3) is 17.0 Å². The standard InChI is InChI=1S/C26H20F3N7O/c27-26(28,29)16-36(18-10-8-17(9-11-18)24(37)33-20-6-2-1-5-19(20)30)25-31-13-12-21(34-25)22-15-32-23-7-3-4-14-35(22)23/h1-15H,16,30H2,(H,33,37). The average molecular weight is 503 g/mol. The van der Waals surface area contributed by atoms with Crippen molar-refractivity contribution in [2.45, 2.75) is 6.18 Å². The largest absolute Gasteiger partial charge is 0.406 e. The summed E-state index contributed by atoms with van der Waals surface area (Å²) in [6.45, 7) is -1.32. The minimum atomic E-state index is -4.54. The SMILES string of the molecule is Nc1ccccc1NC(=O)c1ccc(N(CC(F)(F)F)c2nccc(-c3cnc4ccccn34)n2)cc1. The zero-order valence-corrected chi connectivity index (χ0v) is 19.2. The third kappa shape index (κ3) is 5.20. The quantitative estimate of drug-likeness (QED) is 0.304. The highest BCUT2D eigenvalue weighted by Crippen LogP contribution is 2.30. The summed E-state index contributed by atoms with van der Waals surface area (Å²) in [6.07, 6.45) is 0.251. The molecule has 0 aliphatic rings. The predicted molar refractivity (Wildman–Crippen MR) is 135 cm³/mol. The van der Waals surface area contributed by atoms with Gasteiger partial charge in [-0.15, -0.1) is 0 Å². The molecule has 0 spiro atoms. The van der Waals surface area contributed by atoms with Crippen LogP contribution in [-0.4, -0.2) is 38.0 Å². The number of nitrogens with one attached hydrogen (secondary N) is 1. The topological polar surface area (TPSA) is 101 Å². The van der Waals surface area contributed by atoms with Crippen molar-refractivity contribution < 1.29 is 18.0 Å². The first kappa shape index (κ1) is 23.8. The number of rotatable bonds is 6. The first-order chi connectivity index (χ1) is 17.8. The van der Waals surface area contributed by atoms with Crippen LogP contribution >= 0.6 is 0 Å². The maximum atomic E-state index is 13.6. The molecule has 3 N–H and O–H groups in total. The number of imidazole rings is 1. The Morgan fingerprint density at radius 1 is 0.973 bits per heavy atom. The number of carbonyl (C=O) groups excluding carboxylic acids is 1. The van der Waals surface area contributed by atoms with Gasteiger partial charge in [0.15, 0.2) is 0 Å². The van der Waals surface area contributed by atoms with Crippen molar-refractivity contribution in [3.05, 3.63) is 97.0 Å². The lowest BCUT2D eigenvalue weighted by Gasteiger charge is -2.24. The molecule has 8 nitrogen and oxygen atoms in total. The van der Waals surface area contributed by atoms with Crippen molar-refractivity contribution in [1.29, 1.82) is 0 Å². The number of nitrogen functional groups attached to an aromatic ring is 1. The van der Waals surface area contributed by atoms with E-state index in [0.29, 0.717) is 28.4 Å². The Morgan fingerprint density at radius 3 is 2.49 bits per heavy atom. The van der Waals surface area contributed by atoms with E-state index in [0.717, 1.165) is 4.90 Å². The van der Waals surface area contributed by atoms with Gasteiger partial charge in [-0.1, -0.05) is 18.2 Å². The van der Waals surface area contributed by atoms with Crippen LogP contribution in [0, 0.1) is 0 Å². The Bertz CT molecular complexity index is 1560. The highest BCUT2D eigenvalue weighted by Gasteiger charge is 2.33. The summed E-state index contributed by atoms with van der Waals surface area (Å²) in [4.78, 5) is 26.4. The molecule has 3 heterocycles. The predicted octanol–water partition coefficient (Wildman–Crippen LogP) is 5.33. The number of fused-ring (bicyclic) bond motifs is 1. The highest BCUT2D eigenvalue weighted by molar-refractivity contribution is 6.05. The molecule has 5 rings (SSSR count). The van der Waals surface area contributed by atoms with Gasteiger partial charge in [-0.25, -0.2) is 15.0 Å². The number of hydrogen-bond donors (Lipinski definition) is 2. The zero-order valence-electron chi connectivity index (χ0n) is 19.2. The molecule has 3 aromatic heterocycles. The number of halogens is 3. The van der Waals surface area contributed by atoms with Gasteiger partial charge in [-0.3, -0.25) is 9.20 Å². The van der Waals surface area contributed by atoms with Gasteiger partial charge in [0.1, 0.15) is 12.2 Å². The number of aromatic nitrogens is 4. The molecule has 0 aliphatic heterocycles. The average Bonchev–Trinajstić information content (AvgIpc) is 3.33. The molecule has 0 aliphatic carbocycles. The number of pyridine rings is 1. The lowest BCUT2D eigenvalue weighted by Crippen LogP contribution is -2.32. The maximum Gasteiger partial charge on any atom is 0.406 e. The van der Waals surface area contributed by atoms with Crippen molar-refractivity contribution in [3.8, 4) is 11.4 Å². The number of carbonyl (C=O) groups is 1. The molecule has 0 radical (unpaired) electrons. The normalized spacial score (nSPS) is 11.4. The van der Waals surface area contributed by atoms with Crippen molar-refractivity contribution in [2.75, 3.05) is 22.5 Å². The van der Waals surface area contributed by atoms with E-state index in [4.69, 9.17) is 5.73 Å². The van der Waals surface area contributed by atoms with E-state index < -0.39 is 18.6 Å². The Morgan fingerprint density at radius 2 is 1.73 bits per heavy atom. The minimum Gasteiger partial charge on any atom is -0.397 e. The third-order valence-corrected chi connectivity index (χ3v) is 5.55. The molecule has 11 heteroatoms. The number of anilines is 4. The van der Waals surface area contributed by atoms with Gasteiger partial charge in [0.25, 0.3) is 5.91 Å². The summed E-state index contributed by atoms with van der Waals surface area (Å²) in [7, 11) is 0. The summed E-state index contributed by atoms with van der Waals surface area (Å²) >= 11 is 0. The van der Waals surface area contributed by atoms with Crippen molar-refractivity contribution in [3.63, 3.8) is 0 Å². The second kappa shape index (κ2) is 9.61. The van der Waals surface area contributed by atoms with Crippen LogP contribution in [0.15, 0.2) is 91.4 Å². The molecule has 0 bridgehead atoms. The maximum absolute atomic E-state index is 13.6. The number of nitrogens with zero attached hydrogens (tertiary/aromatic N) is 5. The number of benzene rings is 2. The van der Waals surface area contributed by atoms with Gasteiger partial charge < -0.3 is 16.0 Å². The molecular formula is C26H20F3N7O. The van der Waals surface area contributed by atoms with E-state index >= 15 is 0 Å². The number of amides is 1. The summed E-state index contributed by atoms with van der Waals surface area (Å²) in [5, 5.41) is 2.69. The molecule has 0 fully saturated rings. The number of para-hydroxylation sites is 2. The van der Waals surface area contributed by atoms with Crippen LogP contribution < -0.4 is 16.0 Å². The number of hydrogen-bond acceptors (Lipinski definition) is 6. The fourth-order valence-electron chi connectivity index (χ4n) is 3.80. The Balaban J connectivity index is 1.46. The third-order valence-electron chi connectivity index (χ3n) is 5.55.